The summed E-state index contributed by atoms with van der Waals surface area (Å²) in [4.78, 5) is 33.9. The molecule has 0 fully saturated rings. The summed E-state index contributed by atoms with van der Waals surface area (Å²) in [5, 5.41) is 8.75. The predicted octanol–water partition coefficient (Wildman–Crippen LogP) is 3.70. The molecule has 0 radical (unpaired) electrons. The molecule has 0 saturated carbocycles. The number of amidine groups is 1. The number of halogens is 1. The molecule has 3 aromatic rings. The zero-order valence-electron chi connectivity index (χ0n) is 15.9. The van der Waals surface area contributed by atoms with Crippen molar-refractivity contribution in [2.45, 2.75) is 0 Å². The number of hydrogen-bond acceptors (Lipinski definition) is 5. The third kappa shape index (κ3) is 4.55. The molecule has 1 aromatic heterocycles. The molecule has 8 heteroatoms. The summed E-state index contributed by atoms with van der Waals surface area (Å²) < 4.78 is 0.815. The van der Waals surface area contributed by atoms with Crippen LogP contribution in [0, 0.1) is 0 Å². The fourth-order valence-corrected chi connectivity index (χ4v) is 3.22. The van der Waals surface area contributed by atoms with Gasteiger partial charge in [-0.05, 0) is 52.3 Å². The number of hydrogen-bond donors (Lipinski definition) is 3. The van der Waals surface area contributed by atoms with Crippen LogP contribution in [0.5, 0.6) is 0 Å². The van der Waals surface area contributed by atoms with E-state index in [1.165, 1.54) is 0 Å². The lowest BCUT2D eigenvalue weighted by Gasteiger charge is -2.11. The molecule has 0 bridgehead atoms. The second-order valence-corrected chi connectivity index (χ2v) is 7.47. The highest BCUT2D eigenvalue weighted by molar-refractivity contribution is 9.10. The molecule has 0 saturated heterocycles. The van der Waals surface area contributed by atoms with Gasteiger partial charge < -0.3 is 16.0 Å². The second-order valence-electron chi connectivity index (χ2n) is 6.55. The van der Waals surface area contributed by atoms with E-state index in [9.17, 15) is 9.59 Å². The smallest absolute Gasteiger partial charge is 0.258 e. The van der Waals surface area contributed by atoms with Gasteiger partial charge in [-0.1, -0.05) is 24.3 Å². The molecule has 0 unspecified atom stereocenters. The molecule has 0 atom stereocenters. The number of carbonyl (C=O) groups is 2. The van der Waals surface area contributed by atoms with Crippen LogP contribution in [0.15, 0.2) is 76.3 Å². The molecule has 0 spiro atoms. The Balaban J connectivity index is 1.48. The SMILES string of the molecule is O=C(Nc1ccccc1C(=O)Nc1ccc(Br)cn1)c1ccc(C2=NCCN2)cc1. The number of nitrogens with one attached hydrogen (secondary N) is 3. The average Bonchev–Trinajstić information content (AvgIpc) is 3.31. The van der Waals surface area contributed by atoms with E-state index in [1.54, 1.807) is 54.7 Å². The van der Waals surface area contributed by atoms with Crippen molar-refractivity contribution >= 4 is 45.1 Å². The van der Waals surface area contributed by atoms with Crippen molar-refractivity contribution in [3.63, 3.8) is 0 Å². The zero-order valence-corrected chi connectivity index (χ0v) is 17.4. The molecule has 2 heterocycles. The van der Waals surface area contributed by atoms with Crippen molar-refractivity contribution in [3.05, 3.63) is 88.0 Å². The maximum absolute atomic E-state index is 12.7. The second kappa shape index (κ2) is 8.87. The summed E-state index contributed by atoms with van der Waals surface area (Å²) in [5.74, 6) is 0.597. The third-order valence-electron chi connectivity index (χ3n) is 4.48. The van der Waals surface area contributed by atoms with E-state index in [2.05, 4.69) is 41.9 Å². The summed E-state index contributed by atoms with van der Waals surface area (Å²) in [6, 6.07) is 17.5. The number of para-hydroxylation sites is 1. The molecule has 2 aromatic carbocycles. The molecule has 1 aliphatic rings. The van der Waals surface area contributed by atoms with Gasteiger partial charge in [-0.2, -0.15) is 0 Å². The van der Waals surface area contributed by atoms with E-state index in [0.29, 0.717) is 22.6 Å². The van der Waals surface area contributed by atoms with Gasteiger partial charge in [0.15, 0.2) is 0 Å². The number of aliphatic imine (C=N–C) groups is 1. The summed E-state index contributed by atoms with van der Waals surface area (Å²) in [6.07, 6.45) is 1.60. The predicted molar refractivity (Wildman–Crippen MR) is 120 cm³/mol. The third-order valence-corrected chi connectivity index (χ3v) is 4.95. The van der Waals surface area contributed by atoms with Crippen LogP contribution in [0.2, 0.25) is 0 Å². The number of rotatable bonds is 5. The monoisotopic (exact) mass is 463 g/mol. The number of benzene rings is 2. The van der Waals surface area contributed by atoms with E-state index in [-0.39, 0.29) is 11.8 Å². The Hall–Kier alpha value is -3.52. The van der Waals surface area contributed by atoms with Gasteiger partial charge in [-0.25, -0.2) is 4.98 Å². The van der Waals surface area contributed by atoms with Crippen LogP contribution in [0.3, 0.4) is 0 Å². The average molecular weight is 464 g/mol. The van der Waals surface area contributed by atoms with Crippen LogP contribution in [0.1, 0.15) is 26.3 Å². The topological polar surface area (TPSA) is 95.5 Å². The lowest BCUT2D eigenvalue weighted by Crippen LogP contribution is -2.20. The fraction of sp³-hybridized carbons (Fsp3) is 0.0909. The first-order valence-corrected chi connectivity index (χ1v) is 10.1. The van der Waals surface area contributed by atoms with E-state index in [4.69, 9.17) is 0 Å². The van der Waals surface area contributed by atoms with E-state index >= 15 is 0 Å². The summed E-state index contributed by atoms with van der Waals surface area (Å²) in [5.41, 5.74) is 2.19. The van der Waals surface area contributed by atoms with Crippen molar-refractivity contribution in [1.82, 2.24) is 10.3 Å². The number of aromatic nitrogens is 1. The van der Waals surface area contributed by atoms with E-state index in [1.807, 2.05) is 12.1 Å². The van der Waals surface area contributed by atoms with Crippen LogP contribution in [0.25, 0.3) is 0 Å². The van der Waals surface area contributed by atoms with Gasteiger partial charge in [-0.15, -0.1) is 0 Å². The molecule has 4 rings (SSSR count). The first-order chi connectivity index (χ1) is 14.6. The maximum atomic E-state index is 12.7. The number of carbonyl (C=O) groups excluding carboxylic acids is 2. The molecule has 0 aliphatic carbocycles. The quantitative estimate of drug-likeness (QED) is 0.537. The van der Waals surface area contributed by atoms with Crippen molar-refractivity contribution in [2.75, 3.05) is 23.7 Å². The summed E-state index contributed by atoms with van der Waals surface area (Å²) in [6.45, 7) is 1.58. The molecule has 150 valence electrons. The molecular formula is C22H18BrN5O2. The zero-order chi connectivity index (χ0) is 20.9. The number of pyridine rings is 1. The lowest BCUT2D eigenvalue weighted by molar-refractivity contribution is 0.102. The Labute approximate surface area is 181 Å². The first-order valence-electron chi connectivity index (χ1n) is 9.32. The lowest BCUT2D eigenvalue weighted by atomic mass is 10.1. The Morgan fingerprint density at radius 2 is 1.73 bits per heavy atom. The van der Waals surface area contributed by atoms with Gasteiger partial charge in [-0.3, -0.25) is 14.6 Å². The number of nitrogens with zero attached hydrogens (tertiary/aromatic N) is 2. The van der Waals surface area contributed by atoms with E-state index < -0.39 is 0 Å². The van der Waals surface area contributed by atoms with Crippen molar-refractivity contribution in [1.29, 1.82) is 0 Å². The van der Waals surface area contributed by atoms with Crippen LogP contribution < -0.4 is 16.0 Å². The van der Waals surface area contributed by atoms with Gasteiger partial charge in [0.05, 0.1) is 17.8 Å². The van der Waals surface area contributed by atoms with Gasteiger partial charge >= 0.3 is 0 Å². The molecule has 3 N–H and O–H groups in total. The Morgan fingerprint density at radius 3 is 2.43 bits per heavy atom. The highest BCUT2D eigenvalue weighted by Gasteiger charge is 2.15. The van der Waals surface area contributed by atoms with Gasteiger partial charge in [0.1, 0.15) is 11.7 Å². The Kier molecular flexibility index (Phi) is 5.85. The largest absolute Gasteiger partial charge is 0.368 e. The Bertz CT molecular complexity index is 1110. The Morgan fingerprint density at radius 1 is 0.933 bits per heavy atom. The van der Waals surface area contributed by atoms with Crippen LogP contribution in [-0.4, -0.2) is 35.7 Å². The molecule has 1 aliphatic heterocycles. The number of amides is 2. The van der Waals surface area contributed by atoms with Gasteiger partial charge in [0.2, 0.25) is 0 Å². The highest BCUT2D eigenvalue weighted by Crippen LogP contribution is 2.19. The standard InChI is InChI=1S/C22H18BrN5O2/c23-16-9-10-19(26-13-16)28-22(30)17-3-1-2-4-18(17)27-21(29)15-7-5-14(6-8-15)20-24-11-12-25-20/h1-10,13H,11-12H2,(H,24,25)(H,27,29)(H,26,28,30). The van der Waals surface area contributed by atoms with Crippen molar-refractivity contribution in [3.8, 4) is 0 Å². The fourth-order valence-electron chi connectivity index (χ4n) is 2.99. The van der Waals surface area contributed by atoms with Gasteiger partial charge in [0, 0.05) is 28.3 Å². The normalized spacial score (nSPS) is 12.6. The summed E-state index contributed by atoms with van der Waals surface area (Å²) in [7, 11) is 0. The number of anilines is 2. The molecular weight excluding hydrogens is 446 g/mol. The van der Waals surface area contributed by atoms with Crippen LogP contribution >= 0.6 is 15.9 Å². The van der Waals surface area contributed by atoms with Gasteiger partial charge in [0.25, 0.3) is 11.8 Å². The minimum Gasteiger partial charge on any atom is -0.368 e. The maximum Gasteiger partial charge on any atom is 0.258 e. The van der Waals surface area contributed by atoms with E-state index in [0.717, 1.165) is 29.0 Å². The highest BCUT2D eigenvalue weighted by atomic mass is 79.9. The molecule has 30 heavy (non-hydrogen) atoms. The minimum absolute atomic E-state index is 0.301. The first kappa shape index (κ1) is 19.8. The van der Waals surface area contributed by atoms with Crippen molar-refractivity contribution in [2.24, 2.45) is 4.99 Å². The van der Waals surface area contributed by atoms with Crippen LogP contribution in [-0.2, 0) is 0 Å². The minimum atomic E-state index is -0.360. The van der Waals surface area contributed by atoms with Crippen LogP contribution in [0.4, 0.5) is 11.5 Å². The molecule has 7 nitrogen and oxygen atoms in total. The molecule has 2 amide bonds. The summed E-state index contributed by atoms with van der Waals surface area (Å²) >= 11 is 3.31. The van der Waals surface area contributed by atoms with Crippen molar-refractivity contribution < 1.29 is 9.59 Å².